The quantitative estimate of drug-likeness (QED) is 0.486. The first-order chi connectivity index (χ1) is 15.5. The highest BCUT2D eigenvalue weighted by molar-refractivity contribution is 6.30. The van der Waals surface area contributed by atoms with Crippen LogP contribution in [0.5, 0.6) is 5.75 Å². The zero-order valence-electron chi connectivity index (χ0n) is 18.0. The molecule has 1 amide bonds. The zero-order valence-corrected chi connectivity index (χ0v) is 18.8. The molecule has 3 aromatic carbocycles. The van der Waals surface area contributed by atoms with Crippen LogP contribution >= 0.6 is 11.6 Å². The Morgan fingerprint density at radius 1 is 1.03 bits per heavy atom. The van der Waals surface area contributed by atoms with Crippen LogP contribution < -0.4 is 10.1 Å². The molecule has 1 aliphatic carbocycles. The van der Waals surface area contributed by atoms with Crippen molar-refractivity contribution >= 4 is 17.7 Å². The molecule has 5 heteroatoms. The molecular formula is C27H26ClNO3. The third-order valence-corrected chi connectivity index (χ3v) is 6.83. The fraction of sp³-hybridized carbons (Fsp3) is 0.296. The van der Waals surface area contributed by atoms with Crippen molar-refractivity contribution in [2.45, 2.75) is 50.4 Å². The second kappa shape index (κ2) is 8.61. The van der Waals surface area contributed by atoms with Crippen LogP contribution in [0.2, 0.25) is 5.02 Å². The second-order valence-electron chi connectivity index (χ2n) is 8.67. The summed E-state index contributed by atoms with van der Waals surface area (Å²) >= 11 is 6.11. The summed E-state index contributed by atoms with van der Waals surface area (Å²) in [5.41, 5.74) is 3.90. The first-order valence-corrected chi connectivity index (χ1v) is 11.5. The van der Waals surface area contributed by atoms with Gasteiger partial charge in [-0.3, -0.25) is 0 Å². The molecule has 3 aromatic rings. The van der Waals surface area contributed by atoms with E-state index in [0.29, 0.717) is 10.8 Å². The Morgan fingerprint density at radius 2 is 1.78 bits per heavy atom. The lowest BCUT2D eigenvalue weighted by Gasteiger charge is -2.42. The SMILES string of the molecule is Cc1ccc(OC(=O)NC2CCCC[C@@]23O[C@H](c2ccc(Cl)cc2)c2ccccc23)cc1. The van der Waals surface area contributed by atoms with E-state index in [4.69, 9.17) is 21.1 Å². The number of hydrogen-bond donors (Lipinski definition) is 1. The zero-order chi connectivity index (χ0) is 22.1. The normalized spacial score (nSPS) is 24.2. The number of hydrogen-bond acceptors (Lipinski definition) is 3. The molecule has 0 saturated heterocycles. The van der Waals surface area contributed by atoms with Gasteiger partial charge in [0.2, 0.25) is 0 Å². The molecule has 0 radical (unpaired) electrons. The third-order valence-electron chi connectivity index (χ3n) is 6.58. The van der Waals surface area contributed by atoms with Gasteiger partial charge in [-0.15, -0.1) is 0 Å². The fourth-order valence-electron chi connectivity index (χ4n) is 5.01. The van der Waals surface area contributed by atoms with E-state index in [9.17, 15) is 4.79 Å². The molecule has 0 aromatic heterocycles. The van der Waals surface area contributed by atoms with E-state index >= 15 is 0 Å². The Hall–Kier alpha value is -2.82. The van der Waals surface area contributed by atoms with Crippen molar-refractivity contribution in [3.63, 3.8) is 0 Å². The largest absolute Gasteiger partial charge is 0.412 e. The highest BCUT2D eigenvalue weighted by Crippen LogP contribution is 2.53. The van der Waals surface area contributed by atoms with Gasteiger partial charge < -0.3 is 14.8 Å². The Bertz CT molecular complexity index is 1110. The number of benzene rings is 3. The van der Waals surface area contributed by atoms with Crippen LogP contribution in [0.4, 0.5) is 4.79 Å². The van der Waals surface area contributed by atoms with Crippen LogP contribution in [0, 0.1) is 6.92 Å². The molecule has 1 unspecified atom stereocenters. The van der Waals surface area contributed by atoms with Crippen LogP contribution in [-0.2, 0) is 10.3 Å². The van der Waals surface area contributed by atoms with Gasteiger partial charge in [-0.2, -0.15) is 0 Å². The molecular weight excluding hydrogens is 422 g/mol. The molecule has 3 atom stereocenters. The number of fused-ring (bicyclic) bond motifs is 2. The maximum Gasteiger partial charge on any atom is 0.412 e. The number of rotatable bonds is 3. The molecule has 1 fully saturated rings. The Kier molecular flexibility index (Phi) is 5.66. The van der Waals surface area contributed by atoms with Gasteiger partial charge >= 0.3 is 6.09 Å². The maximum atomic E-state index is 12.8. The number of ether oxygens (including phenoxy) is 2. The molecule has 5 rings (SSSR count). The van der Waals surface area contributed by atoms with Gasteiger partial charge in [0, 0.05) is 5.02 Å². The van der Waals surface area contributed by atoms with Gasteiger partial charge in [0.25, 0.3) is 0 Å². The summed E-state index contributed by atoms with van der Waals surface area (Å²) in [6, 6.07) is 23.5. The van der Waals surface area contributed by atoms with Crippen LogP contribution in [0.3, 0.4) is 0 Å². The first kappa shape index (κ1) is 21.0. The molecule has 4 nitrogen and oxygen atoms in total. The van der Waals surface area contributed by atoms with Crippen molar-refractivity contribution < 1.29 is 14.3 Å². The van der Waals surface area contributed by atoms with Crippen LogP contribution in [0.1, 0.15) is 54.0 Å². The van der Waals surface area contributed by atoms with Crippen LogP contribution in [0.15, 0.2) is 72.8 Å². The van der Waals surface area contributed by atoms with Crippen LogP contribution in [0.25, 0.3) is 0 Å². The van der Waals surface area contributed by atoms with Gasteiger partial charge in [-0.1, -0.05) is 78.5 Å². The van der Waals surface area contributed by atoms with Gasteiger partial charge in [-0.25, -0.2) is 4.79 Å². The van der Waals surface area contributed by atoms with E-state index in [1.807, 2.05) is 67.6 Å². The smallest absolute Gasteiger partial charge is 0.410 e. The van der Waals surface area contributed by atoms with E-state index in [1.54, 1.807) is 0 Å². The number of amides is 1. The summed E-state index contributed by atoms with van der Waals surface area (Å²) in [6.45, 7) is 2.00. The minimum Gasteiger partial charge on any atom is -0.410 e. The standard InChI is InChI=1S/C27H26ClNO3/c1-18-9-15-21(16-10-18)31-26(30)29-24-8-4-5-17-27(24)23-7-3-2-6-22(23)25(32-27)19-11-13-20(28)14-12-19/h2-3,6-7,9-16,24-25H,4-5,8,17H2,1H3,(H,29,30)/t24?,25-,27+/m1/s1. The molecule has 2 aliphatic rings. The van der Waals surface area contributed by atoms with E-state index < -0.39 is 11.7 Å². The molecule has 164 valence electrons. The Morgan fingerprint density at radius 3 is 2.56 bits per heavy atom. The summed E-state index contributed by atoms with van der Waals surface area (Å²) in [6.07, 6.45) is 3.13. The van der Waals surface area contributed by atoms with Crippen molar-refractivity contribution in [1.29, 1.82) is 0 Å². The summed E-state index contributed by atoms with van der Waals surface area (Å²) in [5.74, 6) is 0.532. The van der Waals surface area contributed by atoms with Crippen molar-refractivity contribution in [3.8, 4) is 5.75 Å². The van der Waals surface area contributed by atoms with Crippen molar-refractivity contribution in [2.75, 3.05) is 0 Å². The lowest BCUT2D eigenvalue weighted by molar-refractivity contribution is -0.103. The van der Waals surface area contributed by atoms with E-state index in [1.165, 1.54) is 0 Å². The monoisotopic (exact) mass is 447 g/mol. The number of carbonyl (C=O) groups is 1. The second-order valence-corrected chi connectivity index (χ2v) is 9.11. The average molecular weight is 448 g/mol. The van der Waals surface area contributed by atoms with E-state index in [-0.39, 0.29) is 12.1 Å². The van der Waals surface area contributed by atoms with Gasteiger partial charge in [0.1, 0.15) is 17.5 Å². The predicted octanol–water partition coefficient (Wildman–Crippen LogP) is 6.69. The summed E-state index contributed by atoms with van der Waals surface area (Å²) < 4.78 is 12.4. The molecule has 32 heavy (non-hydrogen) atoms. The van der Waals surface area contributed by atoms with Gasteiger partial charge in [0.05, 0.1) is 6.04 Å². The molecule has 1 aliphatic heterocycles. The van der Waals surface area contributed by atoms with Crippen molar-refractivity contribution in [2.24, 2.45) is 0 Å². The van der Waals surface area contributed by atoms with E-state index in [0.717, 1.165) is 47.9 Å². The molecule has 1 saturated carbocycles. The third kappa shape index (κ3) is 3.89. The molecule has 1 heterocycles. The van der Waals surface area contributed by atoms with Gasteiger partial charge in [-0.05, 0) is 60.7 Å². The number of carbonyl (C=O) groups excluding carboxylic acids is 1. The van der Waals surface area contributed by atoms with Crippen molar-refractivity contribution in [3.05, 3.63) is 100 Å². The van der Waals surface area contributed by atoms with E-state index in [2.05, 4.69) is 17.4 Å². The van der Waals surface area contributed by atoms with Crippen molar-refractivity contribution in [1.82, 2.24) is 5.32 Å². The lowest BCUT2D eigenvalue weighted by atomic mass is 9.75. The summed E-state index contributed by atoms with van der Waals surface area (Å²) in [7, 11) is 0. The van der Waals surface area contributed by atoms with Gasteiger partial charge in [0.15, 0.2) is 0 Å². The maximum absolute atomic E-state index is 12.8. The summed E-state index contributed by atoms with van der Waals surface area (Å²) in [5, 5.41) is 3.83. The molecule has 1 N–H and O–H groups in total. The topological polar surface area (TPSA) is 47.6 Å². The number of nitrogens with one attached hydrogen (secondary N) is 1. The highest BCUT2D eigenvalue weighted by atomic mass is 35.5. The number of halogens is 1. The molecule has 0 bridgehead atoms. The lowest BCUT2D eigenvalue weighted by Crippen LogP contribution is -2.53. The Labute approximate surface area is 193 Å². The number of aryl methyl sites for hydroxylation is 1. The first-order valence-electron chi connectivity index (χ1n) is 11.1. The Balaban J connectivity index is 1.44. The minimum absolute atomic E-state index is 0.173. The predicted molar refractivity (Wildman–Crippen MR) is 125 cm³/mol. The minimum atomic E-state index is -0.578. The molecule has 1 spiro atoms. The summed E-state index contributed by atoms with van der Waals surface area (Å²) in [4.78, 5) is 12.8. The average Bonchev–Trinajstić information content (AvgIpc) is 3.13. The fourth-order valence-corrected chi connectivity index (χ4v) is 5.14. The highest BCUT2D eigenvalue weighted by Gasteiger charge is 2.52. The van der Waals surface area contributed by atoms with Crippen LogP contribution in [-0.4, -0.2) is 12.1 Å².